The second kappa shape index (κ2) is 3.59. The maximum absolute atomic E-state index is 13.0. The van der Waals surface area contributed by atoms with Crippen LogP contribution in [0.3, 0.4) is 0 Å². The van der Waals surface area contributed by atoms with E-state index in [1.807, 2.05) is 0 Å². The Morgan fingerprint density at radius 3 is 2.54 bits per heavy atom. The number of benzene rings is 1. The van der Waals surface area contributed by atoms with Crippen molar-refractivity contribution in [1.29, 1.82) is 0 Å². The number of rotatable bonds is 2. The summed E-state index contributed by atoms with van der Waals surface area (Å²) in [6, 6.07) is 1.39. The molecule has 0 saturated carbocycles. The average Bonchev–Trinajstić information content (AvgIpc) is 2.11. The minimum Gasteiger partial charge on any atom is -0.505 e. The van der Waals surface area contributed by atoms with Crippen LogP contribution >= 0.6 is 0 Å². The topological polar surface area (TPSA) is 72.7 Å². The minimum absolute atomic E-state index is 0.0795. The highest BCUT2D eigenvalue weighted by Gasteiger charge is 2.14. The Morgan fingerprint density at radius 2 is 2.00 bits per heavy atom. The van der Waals surface area contributed by atoms with E-state index in [9.17, 15) is 4.39 Å². The quantitative estimate of drug-likeness (QED) is 0.522. The molecule has 1 aromatic carbocycles. The minimum atomic E-state index is -1.06. The van der Waals surface area contributed by atoms with Gasteiger partial charge in [-0.2, -0.15) is 4.39 Å². The van der Waals surface area contributed by atoms with E-state index in [0.717, 1.165) is 0 Å². The number of hydrogen-bond donors (Lipinski definition) is 4. The Bertz CT molecular complexity index is 328. The summed E-state index contributed by atoms with van der Waals surface area (Å²) in [5.74, 6) is -2.28. The molecule has 0 radical (unpaired) electrons. The lowest BCUT2D eigenvalue weighted by molar-refractivity contribution is 0.160. The van der Waals surface area contributed by atoms with Crippen LogP contribution in [-0.2, 0) is 6.54 Å². The van der Waals surface area contributed by atoms with Crippen molar-refractivity contribution in [3.63, 3.8) is 0 Å². The van der Waals surface area contributed by atoms with Gasteiger partial charge < -0.3 is 15.4 Å². The van der Waals surface area contributed by atoms with Crippen LogP contribution in [-0.4, -0.2) is 15.4 Å². The molecule has 0 atom stereocenters. The number of hydroxylamine groups is 1. The van der Waals surface area contributed by atoms with Gasteiger partial charge >= 0.3 is 0 Å². The first-order valence-electron chi connectivity index (χ1n) is 3.64. The standard InChI is InChI=1S/C8H10FNO3/c1-4-2-5(3-10-13)8(12)6(9)7(4)11/h2,10-13H,3H2,1H3. The zero-order chi connectivity index (χ0) is 10.0. The van der Waals surface area contributed by atoms with Crippen LogP contribution in [0.25, 0.3) is 0 Å². The fourth-order valence-electron chi connectivity index (χ4n) is 1.04. The molecule has 5 heteroatoms. The molecule has 0 aliphatic carbocycles. The third kappa shape index (κ3) is 1.71. The molecular formula is C8H10FNO3. The van der Waals surface area contributed by atoms with Crippen molar-refractivity contribution in [3.8, 4) is 11.5 Å². The Hall–Kier alpha value is -1.33. The van der Waals surface area contributed by atoms with E-state index in [-0.39, 0.29) is 12.1 Å². The summed E-state index contributed by atoms with van der Waals surface area (Å²) in [6.45, 7) is 1.42. The van der Waals surface area contributed by atoms with Crippen molar-refractivity contribution in [2.45, 2.75) is 13.5 Å². The zero-order valence-electron chi connectivity index (χ0n) is 7.00. The van der Waals surface area contributed by atoms with Gasteiger partial charge in [0.15, 0.2) is 11.5 Å². The van der Waals surface area contributed by atoms with Gasteiger partial charge in [0.05, 0.1) is 0 Å². The SMILES string of the molecule is Cc1cc(CNO)c(O)c(F)c1O. The van der Waals surface area contributed by atoms with Crippen LogP contribution in [0.5, 0.6) is 11.5 Å². The van der Waals surface area contributed by atoms with Gasteiger partial charge in [-0.05, 0) is 18.6 Å². The molecule has 4 nitrogen and oxygen atoms in total. The fraction of sp³-hybridized carbons (Fsp3) is 0.250. The maximum atomic E-state index is 13.0. The Labute approximate surface area is 74.2 Å². The number of halogens is 1. The lowest BCUT2D eigenvalue weighted by Gasteiger charge is -2.07. The summed E-state index contributed by atoms with van der Waals surface area (Å²) in [5, 5.41) is 26.6. The molecule has 4 N–H and O–H groups in total. The number of nitrogens with one attached hydrogen (secondary N) is 1. The van der Waals surface area contributed by atoms with E-state index in [0.29, 0.717) is 5.56 Å². The second-order valence-corrected chi connectivity index (χ2v) is 2.70. The summed E-state index contributed by atoms with van der Waals surface area (Å²) in [6.07, 6.45) is 0. The molecule has 0 amide bonds. The zero-order valence-corrected chi connectivity index (χ0v) is 7.00. The smallest absolute Gasteiger partial charge is 0.206 e. The highest BCUT2D eigenvalue weighted by atomic mass is 19.1. The van der Waals surface area contributed by atoms with Crippen molar-refractivity contribution >= 4 is 0 Å². The van der Waals surface area contributed by atoms with Gasteiger partial charge in [0.2, 0.25) is 5.82 Å². The highest BCUT2D eigenvalue weighted by Crippen LogP contribution is 2.31. The van der Waals surface area contributed by atoms with Gasteiger partial charge in [-0.1, -0.05) is 0 Å². The summed E-state index contributed by atoms with van der Waals surface area (Å²) < 4.78 is 13.0. The number of aryl methyl sites for hydroxylation is 1. The molecule has 0 unspecified atom stereocenters. The van der Waals surface area contributed by atoms with E-state index in [1.54, 1.807) is 5.48 Å². The molecule has 0 aliphatic rings. The second-order valence-electron chi connectivity index (χ2n) is 2.70. The van der Waals surface area contributed by atoms with Gasteiger partial charge in [-0.25, -0.2) is 5.48 Å². The first-order valence-corrected chi connectivity index (χ1v) is 3.64. The normalized spacial score (nSPS) is 10.4. The van der Waals surface area contributed by atoms with Crippen LogP contribution in [0, 0.1) is 12.7 Å². The molecule has 0 aliphatic heterocycles. The molecule has 1 rings (SSSR count). The van der Waals surface area contributed by atoms with E-state index >= 15 is 0 Å². The third-order valence-corrected chi connectivity index (χ3v) is 1.75. The van der Waals surface area contributed by atoms with Crippen molar-refractivity contribution in [2.24, 2.45) is 0 Å². The predicted molar refractivity (Wildman–Crippen MR) is 43.1 cm³/mol. The summed E-state index contributed by atoms with van der Waals surface area (Å²) >= 11 is 0. The van der Waals surface area contributed by atoms with Gasteiger partial charge in [-0.15, -0.1) is 0 Å². The lowest BCUT2D eigenvalue weighted by Crippen LogP contribution is -2.07. The molecule has 1 aromatic rings. The maximum Gasteiger partial charge on any atom is 0.206 e. The van der Waals surface area contributed by atoms with Crippen LogP contribution in [0.15, 0.2) is 6.07 Å². The largest absolute Gasteiger partial charge is 0.505 e. The van der Waals surface area contributed by atoms with E-state index < -0.39 is 17.3 Å². The molecule has 0 aromatic heterocycles. The summed E-state index contributed by atoms with van der Waals surface area (Å²) in [5.41, 5.74) is 2.29. The first kappa shape index (κ1) is 9.76. The van der Waals surface area contributed by atoms with Crippen molar-refractivity contribution < 1.29 is 19.8 Å². The van der Waals surface area contributed by atoms with Crippen LogP contribution in [0.1, 0.15) is 11.1 Å². The lowest BCUT2D eigenvalue weighted by atomic mass is 10.1. The number of aromatic hydroxyl groups is 2. The highest BCUT2D eigenvalue weighted by molar-refractivity contribution is 5.46. The van der Waals surface area contributed by atoms with Gasteiger partial charge in [0, 0.05) is 12.1 Å². The predicted octanol–water partition coefficient (Wildman–Crippen LogP) is 1.02. The van der Waals surface area contributed by atoms with Gasteiger partial charge in [-0.3, -0.25) is 0 Å². The number of phenolic OH excluding ortho intramolecular Hbond substituents is 2. The van der Waals surface area contributed by atoms with Gasteiger partial charge in [0.25, 0.3) is 0 Å². The molecular weight excluding hydrogens is 177 g/mol. The van der Waals surface area contributed by atoms with Crippen LogP contribution < -0.4 is 5.48 Å². The number of phenols is 2. The first-order chi connectivity index (χ1) is 6.07. The van der Waals surface area contributed by atoms with Crippen molar-refractivity contribution in [3.05, 3.63) is 23.0 Å². The van der Waals surface area contributed by atoms with E-state index in [4.69, 9.17) is 15.4 Å². The van der Waals surface area contributed by atoms with Crippen molar-refractivity contribution in [2.75, 3.05) is 0 Å². The summed E-state index contributed by atoms with van der Waals surface area (Å²) in [7, 11) is 0. The van der Waals surface area contributed by atoms with Gasteiger partial charge in [0.1, 0.15) is 0 Å². The third-order valence-electron chi connectivity index (χ3n) is 1.75. The Balaban J connectivity index is 3.24. The fourth-order valence-corrected chi connectivity index (χ4v) is 1.04. The Morgan fingerprint density at radius 1 is 1.38 bits per heavy atom. The molecule has 0 heterocycles. The molecule has 72 valence electrons. The Kier molecular flexibility index (Phi) is 2.69. The monoisotopic (exact) mass is 187 g/mol. The molecule has 0 saturated heterocycles. The molecule has 0 bridgehead atoms. The van der Waals surface area contributed by atoms with E-state index in [2.05, 4.69) is 0 Å². The summed E-state index contributed by atoms with van der Waals surface area (Å²) in [4.78, 5) is 0. The molecule has 13 heavy (non-hydrogen) atoms. The molecule has 0 fully saturated rings. The van der Waals surface area contributed by atoms with Crippen LogP contribution in [0.2, 0.25) is 0 Å². The number of hydrogen-bond acceptors (Lipinski definition) is 4. The average molecular weight is 187 g/mol. The van der Waals surface area contributed by atoms with E-state index in [1.165, 1.54) is 13.0 Å². The van der Waals surface area contributed by atoms with Crippen molar-refractivity contribution in [1.82, 2.24) is 5.48 Å². The van der Waals surface area contributed by atoms with Crippen LogP contribution in [0.4, 0.5) is 4.39 Å². The molecule has 0 spiro atoms.